The Morgan fingerprint density at radius 1 is 1.43 bits per heavy atom. The molecule has 0 fully saturated rings. The summed E-state index contributed by atoms with van der Waals surface area (Å²) in [4.78, 5) is 15.9. The van der Waals surface area contributed by atoms with Crippen molar-refractivity contribution in [1.29, 1.82) is 5.26 Å². The van der Waals surface area contributed by atoms with Crippen LogP contribution in [0.3, 0.4) is 0 Å². The second-order valence-corrected chi connectivity index (χ2v) is 4.10. The maximum atomic E-state index is 12.0. The lowest BCUT2D eigenvalue weighted by atomic mass is 9.84. The van der Waals surface area contributed by atoms with E-state index in [1.54, 1.807) is 24.5 Å². The van der Waals surface area contributed by atoms with E-state index >= 15 is 0 Å². The second kappa shape index (κ2) is 5.96. The van der Waals surface area contributed by atoms with E-state index in [0.29, 0.717) is 5.56 Å². The average molecular weight is 287 g/mol. The van der Waals surface area contributed by atoms with Gasteiger partial charge < -0.3 is 19.9 Å². The molecule has 0 saturated carbocycles. The Hall–Kier alpha value is -3.01. The first-order valence-corrected chi connectivity index (χ1v) is 5.98. The van der Waals surface area contributed by atoms with Gasteiger partial charge in [-0.2, -0.15) is 5.26 Å². The number of hydrogen-bond donors (Lipinski definition) is 1. The third kappa shape index (κ3) is 2.51. The molecule has 21 heavy (non-hydrogen) atoms. The standard InChI is InChI=1S/C14H13N3O4/c1-19-13(18)11-10(8-3-5-17-6-4-8)9(7-15)14(20-2)21-12(11)16/h3-6,10H,16H2,1-2H3/t10-/m0/s1. The highest BCUT2D eigenvalue weighted by Gasteiger charge is 2.38. The molecule has 7 nitrogen and oxygen atoms in total. The minimum atomic E-state index is -0.728. The normalized spacial score (nSPS) is 17.9. The van der Waals surface area contributed by atoms with Crippen LogP contribution < -0.4 is 5.73 Å². The molecule has 2 heterocycles. The molecule has 0 bridgehead atoms. The number of rotatable bonds is 3. The van der Waals surface area contributed by atoms with Crippen LogP contribution >= 0.6 is 0 Å². The van der Waals surface area contributed by atoms with E-state index in [9.17, 15) is 10.1 Å². The number of esters is 1. The second-order valence-electron chi connectivity index (χ2n) is 4.10. The van der Waals surface area contributed by atoms with E-state index < -0.39 is 11.9 Å². The van der Waals surface area contributed by atoms with Crippen molar-refractivity contribution in [2.24, 2.45) is 5.73 Å². The number of nitrogens with zero attached hydrogens (tertiary/aromatic N) is 2. The molecule has 0 amide bonds. The summed E-state index contributed by atoms with van der Waals surface area (Å²) in [5.74, 6) is -1.59. The summed E-state index contributed by atoms with van der Waals surface area (Å²) in [6.07, 6.45) is 3.11. The van der Waals surface area contributed by atoms with Crippen molar-refractivity contribution < 1.29 is 19.0 Å². The summed E-state index contributed by atoms with van der Waals surface area (Å²) in [6.45, 7) is 0. The summed E-state index contributed by atoms with van der Waals surface area (Å²) >= 11 is 0. The summed E-state index contributed by atoms with van der Waals surface area (Å²) in [5.41, 5.74) is 6.63. The fourth-order valence-electron chi connectivity index (χ4n) is 2.09. The van der Waals surface area contributed by atoms with Gasteiger partial charge in [0.2, 0.25) is 5.88 Å². The van der Waals surface area contributed by atoms with Crippen molar-refractivity contribution in [3.63, 3.8) is 0 Å². The number of carbonyl (C=O) groups is 1. The number of pyridine rings is 1. The molecule has 0 unspecified atom stereocenters. The number of nitrogens with two attached hydrogens (primary N) is 1. The minimum absolute atomic E-state index is 0.0375. The van der Waals surface area contributed by atoms with Crippen molar-refractivity contribution >= 4 is 5.97 Å². The molecule has 2 rings (SSSR count). The summed E-state index contributed by atoms with van der Waals surface area (Å²) in [5, 5.41) is 9.38. The predicted molar refractivity (Wildman–Crippen MR) is 70.9 cm³/mol. The molecule has 7 heteroatoms. The zero-order valence-corrected chi connectivity index (χ0v) is 11.5. The Balaban J connectivity index is 2.65. The number of ether oxygens (including phenoxy) is 3. The molecular formula is C14H13N3O4. The molecule has 0 radical (unpaired) electrons. The fraction of sp³-hybridized carbons (Fsp3) is 0.214. The predicted octanol–water partition coefficient (Wildman–Crippen LogP) is 0.920. The molecule has 1 aromatic rings. The molecule has 0 saturated heterocycles. The monoisotopic (exact) mass is 287 g/mol. The number of methoxy groups -OCH3 is 2. The first-order valence-electron chi connectivity index (χ1n) is 5.98. The van der Waals surface area contributed by atoms with Gasteiger partial charge in [0.1, 0.15) is 17.2 Å². The maximum absolute atomic E-state index is 12.0. The van der Waals surface area contributed by atoms with Gasteiger partial charge in [0.05, 0.1) is 20.1 Å². The largest absolute Gasteiger partial charge is 0.468 e. The maximum Gasteiger partial charge on any atom is 0.340 e. The smallest absolute Gasteiger partial charge is 0.340 e. The van der Waals surface area contributed by atoms with E-state index in [1.165, 1.54) is 14.2 Å². The number of nitriles is 1. The van der Waals surface area contributed by atoms with Crippen molar-refractivity contribution in [2.75, 3.05) is 14.2 Å². The van der Waals surface area contributed by atoms with Crippen LogP contribution in [0.4, 0.5) is 0 Å². The molecule has 0 aromatic carbocycles. The summed E-state index contributed by atoms with van der Waals surface area (Å²) < 4.78 is 15.0. The van der Waals surface area contributed by atoms with Gasteiger partial charge in [0.15, 0.2) is 0 Å². The van der Waals surface area contributed by atoms with Crippen molar-refractivity contribution in [3.05, 3.63) is 53.1 Å². The highest BCUT2D eigenvalue weighted by atomic mass is 16.7. The third-order valence-corrected chi connectivity index (χ3v) is 3.02. The van der Waals surface area contributed by atoms with Crippen LogP contribution in [0, 0.1) is 11.3 Å². The highest BCUT2D eigenvalue weighted by molar-refractivity contribution is 5.92. The van der Waals surface area contributed by atoms with Crippen LogP contribution in [-0.4, -0.2) is 25.2 Å². The van der Waals surface area contributed by atoms with Crippen LogP contribution in [0.1, 0.15) is 11.5 Å². The van der Waals surface area contributed by atoms with Crippen LogP contribution in [0.5, 0.6) is 0 Å². The highest BCUT2D eigenvalue weighted by Crippen LogP contribution is 2.39. The zero-order valence-electron chi connectivity index (χ0n) is 11.5. The third-order valence-electron chi connectivity index (χ3n) is 3.02. The minimum Gasteiger partial charge on any atom is -0.468 e. The summed E-state index contributed by atoms with van der Waals surface area (Å²) in [7, 11) is 2.58. The first kappa shape index (κ1) is 14.4. The van der Waals surface area contributed by atoms with Crippen LogP contribution in [0.2, 0.25) is 0 Å². The van der Waals surface area contributed by atoms with Gasteiger partial charge in [0, 0.05) is 12.4 Å². The molecule has 1 atom stereocenters. The molecule has 2 N–H and O–H groups in total. The number of hydrogen-bond acceptors (Lipinski definition) is 7. The van der Waals surface area contributed by atoms with Crippen LogP contribution in [-0.2, 0) is 19.0 Å². The van der Waals surface area contributed by atoms with Crippen LogP contribution in [0.15, 0.2) is 47.5 Å². The van der Waals surface area contributed by atoms with Gasteiger partial charge in [-0.1, -0.05) is 0 Å². The van der Waals surface area contributed by atoms with E-state index in [2.05, 4.69) is 4.98 Å². The lowest BCUT2D eigenvalue weighted by Crippen LogP contribution is -2.26. The zero-order chi connectivity index (χ0) is 15.4. The van der Waals surface area contributed by atoms with Gasteiger partial charge in [-0.05, 0) is 17.7 Å². The van der Waals surface area contributed by atoms with E-state index in [-0.39, 0.29) is 23.0 Å². The number of allylic oxidation sites excluding steroid dienone is 1. The Kier molecular flexibility index (Phi) is 4.09. The van der Waals surface area contributed by atoms with Crippen molar-refractivity contribution in [3.8, 4) is 6.07 Å². The van der Waals surface area contributed by atoms with Crippen molar-refractivity contribution in [1.82, 2.24) is 4.98 Å². The van der Waals surface area contributed by atoms with Gasteiger partial charge in [0.25, 0.3) is 0 Å². The topological polar surface area (TPSA) is 107 Å². The van der Waals surface area contributed by atoms with Gasteiger partial charge in [-0.3, -0.25) is 4.98 Å². The SMILES string of the molecule is COC(=O)C1=C(N)OC(OC)=C(C#N)[C@@H]1c1ccncc1. The average Bonchev–Trinajstić information content (AvgIpc) is 2.53. The van der Waals surface area contributed by atoms with Gasteiger partial charge >= 0.3 is 11.9 Å². The number of carbonyl (C=O) groups excluding carboxylic acids is 1. The Morgan fingerprint density at radius 3 is 2.62 bits per heavy atom. The molecular weight excluding hydrogens is 274 g/mol. The van der Waals surface area contributed by atoms with Gasteiger partial charge in [-0.25, -0.2) is 4.79 Å². The van der Waals surface area contributed by atoms with Crippen LogP contribution in [0.25, 0.3) is 0 Å². The van der Waals surface area contributed by atoms with E-state index in [0.717, 1.165) is 0 Å². The molecule has 0 spiro atoms. The summed E-state index contributed by atoms with van der Waals surface area (Å²) in [6, 6.07) is 5.35. The molecule has 1 aromatic heterocycles. The Morgan fingerprint density at radius 2 is 2.10 bits per heavy atom. The van der Waals surface area contributed by atoms with Gasteiger partial charge in [-0.15, -0.1) is 0 Å². The molecule has 1 aliphatic rings. The lowest BCUT2D eigenvalue weighted by Gasteiger charge is -2.26. The Bertz CT molecular complexity index is 659. The Labute approximate surface area is 121 Å². The van der Waals surface area contributed by atoms with E-state index in [4.69, 9.17) is 19.9 Å². The first-order chi connectivity index (χ1) is 10.1. The quantitative estimate of drug-likeness (QED) is 0.823. The lowest BCUT2D eigenvalue weighted by molar-refractivity contribution is -0.136. The molecule has 1 aliphatic heterocycles. The van der Waals surface area contributed by atoms with Crippen molar-refractivity contribution in [2.45, 2.75) is 5.92 Å². The molecule has 0 aliphatic carbocycles. The van der Waals surface area contributed by atoms with E-state index in [1.807, 2.05) is 6.07 Å². The molecule has 108 valence electrons. The number of aromatic nitrogens is 1. The fourth-order valence-corrected chi connectivity index (χ4v) is 2.09.